The average molecular weight is 326 g/mol. The van der Waals surface area contributed by atoms with Gasteiger partial charge in [0.05, 0.1) is 25.3 Å². The Labute approximate surface area is 137 Å². The number of rotatable bonds is 5. The SMILES string of the molecule is COC(=O)c1occc1COC(=O)c1cn[nH]c1-c1ccccc1. The van der Waals surface area contributed by atoms with Crippen molar-refractivity contribution in [2.24, 2.45) is 0 Å². The van der Waals surface area contributed by atoms with E-state index in [1.54, 1.807) is 6.07 Å². The third kappa shape index (κ3) is 3.05. The average Bonchev–Trinajstić information content (AvgIpc) is 3.29. The molecule has 0 bridgehead atoms. The van der Waals surface area contributed by atoms with Gasteiger partial charge in [-0.25, -0.2) is 9.59 Å². The third-order valence-electron chi connectivity index (χ3n) is 3.40. The smallest absolute Gasteiger partial charge is 0.374 e. The van der Waals surface area contributed by atoms with Gasteiger partial charge in [0.2, 0.25) is 5.76 Å². The van der Waals surface area contributed by atoms with Gasteiger partial charge in [-0.2, -0.15) is 5.10 Å². The summed E-state index contributed by atoms with van der Waals surface area (Å²) in [6, 6.07) is 10.9. The number of H-pyrrole nitrogens is 1. The van der Waals surface area contributed by atoms with Gasteiger partial charge in [0, 0.05) is 11.1 Å². The predicted molar refractivity (Wildman–Crippen MR) is 83.2 cm³/mol. The molecule has 0 unspecified atom stereocenters. The largest absolute Gasteiger partial charge is 0.463 e. The molecule has 0 aliphatic carbocycles. The van der Waals surface area contributed by atoms with Crippen LogP contribution in [0.5, 0.6) is 0 Å². The van der Waals surface area contributed by atoms with Crippen molar-refractivity contribution in [1.82, 2.24) is 10.2 Å². The molecule has 0 radical (unpaired) electrons. The van der Waals surface area contributed by atoms with Gasteiger partial charge in [-0.15, -0.1) is 0 Å². The van der Waals surface area contributed by atoms with Gasteiger partial charge in [0.1, 0.15) is 12.2 Å². The van der Waals surface area contributed by atoms with E-state index in [0.717, 1.165) is 5.56 Å². The van der Waals surface area contributed by atoms with E-state index in [2.05, 4.69) is 14.9 Å². The zero-order chi connectivity index (χ0) is 16.9. The number of esters is 2. The maximum atomic E-state index is 12.3. The van der Waals surface area contributed by atoms with Crippen molar-refractivity contribution in [2.45, 2.75) is 6.61 Å². The molecule has 7 heteroatoms. The Bertz CT molecular complexity index is 851. The van der Waals surface area contributed by atoms with E-state index in [4.69, 9.17) is 9.15 Å². The molecule has 24 heavy (non-hydrogen) atoms. The molecule has 2 aromatic heterocycles. The molecule has 1 aromatic carbocycles. The van der Waals surface area contributed by atoms with Crippen LogP contribution in [0.15, 0.2) is 53.3 Å². The number of hydrogen-bond donors (Lipinski definition) is 1. The number of methoxy groups -OCH3 is 1. The molecule has 0 aliphatic heterocycles. The van der Waals surface area contributed by atoms with Crippen molar-refractivity contribution in [1.29, 1.82) is 0 Å². The molecular weight excluding hydrogens is 312 g/mol. The summed E-state index contributed by atoms with van der Waals surface area (Å²) in [5.74, 6) is -1.17. The Morgan fingerprint density at radius 2 is 1.96 bits per heavy atom. The lowest BCUT2D eigenvalue weighted by atomic mass is 10.1. The van der Waals surface area contributed by atoms with E-state index in [9.17, 15) is 9.59 Å². The van der Waals surface area contributed by atoms with Crippen LogP contribution in [0, 0.1) is 0 Å². The monoisotopic (exact) mass is 326 g/mol. The summed E-state index contributed by atoms with van der Waals surface area (Å²) in [5, 5.41) is 6.70. The van der Waals surface area contributed by atoms with Crippen LogP contribution < -0.4 is 0 Å². The van der Waals surface area contributed by atoms with E-state index in [1.807, 2.05) is 30.3 Å². The molecule has 0 fully saturated rings. The van der Waals surface area contributed by atoms with Crippen LogP contribution in [0.1, 0.15) is 26.5 Å². The second-order valence-corrected chi connectivity index (χ2v) is 4.87. The van der Waals surface area contributed by atoms with E-state index in [1.165, 1.54) is 19.6 Å². The lowest BCUT2D eigenvalue weighted by Crippen LogP contribution is -2.08. The fraction of sp³-hybridized carbons (Fsp3) is 0.118. The van der Waals surface area contributed by atoms with Crippen LogP contribution in [-0.2, 0) is 16.1 Å². The first-order valence-electron chi connectivity index (χ1n) is 7.11. The molecule has 0 saturated carbocycles. The molecule has 0 atom stereocenters. The Morgan fingerprint density at radius 1 is 1.17 bits per heavy atom. The van der Waals surface area contributed by atoms with Crippen LogP contribution in [0.2, 0.25) is 0 Å². The molecule has 0 amide bonds. The van der Waals surface area contributed by atoms with E-state index < -0.39 is 11.9 Å². The van der Waals surface area contributed by atoms with Gasteiger partial charge < -0.3 is 13.9 Å². The Hall–Kier alpha value is -3.35. The van der Waals surface area contributed by atoms with Crippen molar-refractivity contribution in [2.75, 3.05) is 7.11 Å². The first-order chi connectivity index (χ1) is 11.7. The van der Waals surface area contributed by atoms with Gasteiger partial charge in [0.25, 0.3) is 0 Å². The first kappa shape index (κ1) is 15.5. The summed E-state index contributed by atoms with van der Waals surface area (Å²) in [6.07, 6.45) is 2.74. The normalized spacial score (nSPS) is 10.4. The number of furan rings is 1. The summed E-state index contributed by atoms with van der Waals surface area (Å²) in [7, 11) is 1.25. The number of carbonyl (C=O) groups excluding carboxylic acids is 2. The second-order valence-electron chi connectivity index (χ2n) is 4.87. The molecule has 122 valence electrons. The highest BCUT2D eigenvalue weighted by Gasteiger charge is 2.20. The topological polar surface area (TPSA) is 94.4 Å². The number of nitrogens with one attached hydrogen (secondary N) is 1. The molecule has 3 aromatic rings. The number of nitrogens with zero attached hydrogens (tertiary/aromatic N) is 1. The van der Waals surface area contributed by atoms with Gasteiger partial charge in [-0.05, 0) is 6.07 Å². The van der Waals surface area contributed by atoms with Crippen molar-refractivity contribution < 1.29 is 23.5 Å². The minimum atomic E-state index is -0.626. The number of aromatic nitrogens is 2. The minimum absolute atomic E-state index is 0.0146. The van der Waals surface area contributed by atoms with Crippen LogP contribution in [-0.4, -0.2) is 29.2 Å². The zero-order valence-corrected chi connectivity index (χ0v) is 12.8. The minimum Gasteiger partial charge on any atom is -0.463 e. The molecule has 1 N–H and O–H groups in total. The maximum absolute atomic E-state index is 12.3. The Balaban J connectivity index is 1.75. The number of benzene rings is 1. The quantitative estimate of drug-likeness (QED) is 0.725. The summed E-state index contributed by atoms with van der Waals surface area (Å²) in [5.41, 5.74) is 2.13. The van der Waals surface area contributed by atoms with E-state index in [-0.39, 0.29) is 12.4 Å². The lowest BCUT2D eigenvalue weighted by molar-refractivity contribution is 0.0454. The third-order valence-corrected chi connectivity index (χ3v) is 3.40. The number of aromatic amines is 1. The number of carbonyl (C=O) groups is 2. The molecule has 7 nitrogen and oxygen atoms in total. The number of hydrogen-bond acceptors (Lipinski definition) is 6. The summed E-state index contributed by atoms with van der Waals surface area (Å²) < 4.78 is 14.9. The Kier molecular flexibility index (Phi) is 4.42. The van der Waals surface area contributed by atoms with Gasteiger partial charge in [-0.1, -0.05) is 30.3 Å². The van der Waals surface area contributed by atoms with Crippen LogP contribution >= 0.6 is 0 Å². The maximum Gasteiger partial charge on any atom is 0.374 e. The standard InChI is InChI=1S/C17H14N2O5/c1-22-17(21)15-12(7-8-23-15)10-24-16(20)13-9-18-19-14(13)11-5-3-2-4-6-11/h2-9H,10H2,1H3,(H,18,19). The fourth-order valence-electron chi connectivity index (χ4n) is 2.21. The van der Waals surface area contributed by atoms with Crippen LogP contribution in [0.3, 0.4) is 0 Å². The summed E-state index contributed by atoms with van der Waals surface area (Å²) >= 11 is 0. The second kappa shape index (κ2) is 6.82. The highest BCUT2D eigenvalue weighted by molar-refractivity contribution is 5.96. The zero-order valence-electron chi connectivity index (χ0n) is 12.8. The van der Waals surface area contributed by atoms with Gasteiger partial charge in [0.15, 0.2) is 0 Å². The predicted octanol–water partition coefficient (Wildman–Crippen LogP) is 2.81. The van der Waals surface area contributed by atoms with Crippen molar-refractivity contribution in [3.63, 3.8) is 0 Å². The number of ether oxygens (including phenoxy) is 2. The summed E-state index contributed by atoms with van der Waals surface area (Å²) in [4.78, 5) is 23.9. The van der Waals surface area contributed by atoms with Crippen molar-refractivity contribution in [3.8, 4) is 11.3 Å². The van der Waals surface area contributed by atoms with Crippen LogP contribution in [0.4, 0.5) is 0 Å². The molecule has 0 aliphatic rings. The molecule has 3 rings (SSSR count). The molecule has 2 heterocycles. The summed E-state index contributed by atoms with van der Waals surface area (Å²) in [6.45, 7) is -0.112. The van der Waals surface area contributed by atoms with E-state index in [0.29, 0.717) is 16.8 Å². The molecule has 0 saturated heterocycles. The first-order valence-corrected chi connectivity index (χ1v) is 7.11. The Morgan fingerprint density at radius 3 is 2.71 bits per heavy atom. The highest BCUT2D eigenvalue weighted by Crippen LogP contribution is 2.22. The van der Waals surface area contributed by atoms with Crippen molar-refractivity contribution >= 4 is 11.9 Å². The lowest BCUT2D eigenvalue weighted by Gasteiger charge is -2.05. The van der Waals surface area contributed by atoms with Crippen molar-refractivity contribution in [3.05, 3.63) is 65.7 Å². The molecular formula is C17H14N2O5. The van der Waals surface area contributed by atoms with Crippen LogP contribution in [0.25, 0.3) is 11.3 Å². The van der Waals surface area contributed by atoms with Gasteiger partial charge >= 0.3 is 11.9 Å². The van der Waals surface area contributed by atoms with E-state index >= 15 is 0 Å². The van der Waals surface area contributed by atoms with Gasteiger partial charge in [-0.3, -0.25) is 5.10 Å². The highest BCUT2D eigenvalue weighted by atomic mass is 16.5. The fourth-order valence-corrected chi connectivity index (χ4v) is 2.21. The molecule has 0 spiro atoms.